The molecule has 1 aromatic rings. The lowest BCUT2D eigenvalue weighted by molar-refractivity contribution is -0.128. The second kappa shape index (κ2) is 4.67. The molecule has 0 radical (unpaired) electrons. The third kappa shape index (κ3) is 2.08. The van der Waals surface area contributed by atoms with E-state index in [0.717, 1.165) is 5.92 Å². The average Bonchev–Trinajstić information content (AvgIpc) is 2.78. The third-order valence-electron chi connectivity index (χ3n) is 3.95. The van der Waals surface area contributed by atoms with Crippen molar-refractivity contribution in [1.29, 1.82) is 0 Å². The van der Waals surface area contributed by atoms with Gasteiger partial charge in [0.1, 0.15) is 6.17 Å². The van der Waals surface area contributed by atoms with Crippen LogP contribution in [-0.2, 0) is 4.79 Å². The molecule has 3 unspecified atom stereocenters. The van der Waals surface area contributed by atoms with Gasteiger partial charge in [-0.1, -0.05) is 13.3 Å². The number of hydrogen-bond acceptors (Lipinski definition) is 3. The number of hydrogen-bond donors (Lipinski definition) is 1. The second-order valence-electron chi connectivity index (χ2n) is 5.38. The molecule has 3 atom stereocenters. The molecule has 98 valence electrons. The summed E-state index contributed by atoms with van der Waals surface area (Å²) >= 11 is 1.79. The fraction of sp³-hybridized carbons (Fsp3) is 0.643. The Hall–Kier alpha value is -0.870. The van der Waals surface area contributed by atoms with E-state index in [0.29, 0.717) is 12.6 Å². The summed E-state index contributed by atoms with van der Waals surface area (Å²) in [6, 6.07) is 4.78. The first-order valence-corrected chi connectivity index (χ1v) is 7.63. The van der Waals surface area contributed by atoms with Crippen molar-refractivity contribution in [3.05, 3.63) is 21.9 Å². The summed E-state index contributed by atoms with van der Waals surface area (Å²) in [6.07, 6.45) is 3.80. The van der Waals surface area contributed by atoms with Crippen LogP contribution < -0.4 is 5.32 Å². The lowest BCUT2D eigenvalue weighted by Crippen LogP contribution is -2.32. The SMILES string of the molecule is CCCC1CC1N1C(=O)CNC1c1ccc(C)s1. The van der Waals surface area contributed by atoms with Gasteiger partial charge in [-0.25, -0.2) is 0 Å². The largest absolute Gasteiger partial charge is 0.318 e. The molecule has 1 saturated heterocycles. The molecule has 2 aliphatic rings. The minimum absolute atomic E-state index is 0.128. The summed E-state index contributed by atoms with van der Waals surface area (Å²) < 4.78 is 0. The smallest absolute Gasteiger partial charge is 0.238 e. The highest BCUT2D eigenvalue weighted by Gasteiger charge is 2.48. The lowest BCUT2D eigenvalue weighted by atomic mass is 10.2. The van der Waals surface area contributed by atoms with Gasteiger partial charge >= 0.3 is 0 Å². The van der Waals surface area contributed by atoms with Gasteiger partial charge in [-0.05, 0) is 37.8 Å². The summed E-state index contributed by atoms with van der Waals surface area (Å²) in [7, 11) is 0. The van der Waals surface area contributed by atoms with Gasteiger partial charge in [-0.15, -0.1) is 11.3 Å². The highest BCUT2D eigenvalue weighted by molar-refractivity contribution is 7.12. The number of nitrogens with one attached hydrogen (secondary N) is 1. The highest BCUT2D eigenvalue weighted by Crippen LogP contribution is 2.44. The van der Waals surface area contributed by atoms with Crippen LogP contribution in [0, 0.1) is 12.8 Å². The molecule has 0 bridgehead atoms. The maximum Gasteiger partial charge on any atom is 0.238 e. The summed E-state index contributed by atoms with van der Waals surface area (Å²) in [5.74, 6) is 1.01. The predicted octanol–water partition coefficient (Wildman–Crippen LogP) is 2.68. The van der Waals surface area contributed by atoms with Gasteiger partial charge < -0.3 is 4.90 Å². The standard InChI is InChI=1S/C14H20N2OS/c1-3-4-10-7-11(10)16-13(17)8-15-14(16)12-6-5-9(2)18-12/h5-6,10-11,14-15H,3-4,7-8H2,1-2H3. The molecule has 1 N–H and O–H groups in total. The van der Waals surface area contributed by atoms with Crippen molar-refractivity contribution in [2.24, 2.45) is 5.92 Å². The van der Waals surface area contributed by atoms with E-state index in [1.807, 2.05) is 0 Å². The monoisotopic (exact) mass is 264 g/mol. The van der Waals surface area contributed by atoms with E-state index in [9.17, 15) is 4.79 Å². The maximum atomic E-state index is 12.1. The molecule has 18 heavy (non-hydrogen) atoms. The van der Waals surface area contributed by atoms with Crippen LogP contribution in [0.4, 0.5) is 0 Å². The number of rotatable bonds is 4. The Balaban J connectivity index is 1.76. The zero-order valence-corrected chi connectivity index (χ0v) is 11.8. The molecular weight excluding hydrogens is 244 g/mol. The minimum atomic E-state index is 0.128. The lowest BCUT2D eigenvalue weighted by Gasteiger charge is -2.24. The first-order valence-electron chi connectivity index (χ1n) is 6.81. The Labute approximate surface area is 112 Å². The number of carbonyl (C=O) groups is 1. The van der Waals surface area contributed by atoms with E-state index in [4.69, 9.17) is 0 Å². The van der Waals surface area contributed by atoms with E-state index < -0.39 is 0 Å². The zero-order chi connectivity index (χ0) is 12.7. The normalized spacial score (nSPS) is 31.1. The molecule has 2 fully saturated rings. The zero-order valence-electron chi connectivity index (χ0n) is 11.0. The van der Waals surface area contributed by atoms with Crippen LogP contribution in [0.2, 0.25) is 0 Å². The van der Waals surface area contributed by atoms with Gasteiger partial charge in [-0.3, -0.25) is 10.1 Å². The topological polar surface area (TPSA) is 32.3 Å². The molecule has 1 aliphatic heterocycles. The Morgan fingerprint density at radius 2 is 2.33 bits per heavy atom. The quantitative estimate of drug-likeness (QED) is 0.907. The van der Waals surface area contributed by atoms with E-state index in [2.05, 4.69) is 36.2 Å². The van der Waals surface area contributed by atoms with Gasteiger partial charge in [0.15, 0.2) is 0 Å². The highest BCUT2D eigenvalue weighted by atomic mass is 32.1. The molecule has 1 aromatic heterocycles. The Bertz CT molecular complexity index is 456. The molecular formula is C14H20N2OS. The molecule has 1 saturated carbocycles. The van der Waals surface area contributed by atoms with Crippen molar-refractivity contribution in [2.75, 3.05) is 6.54 Å². The molecule has 3 nitrogen and oxygen atoms in total. The summed E-state index contributed by atoms with van der Waals surface area (Å²) in [4.78, 5) is 16.8. The van der Waals surface area contributed by atoms with Crippen LogP contribution in [-0.4, -0.2) is 23.4 Å². The molecule has 0 aromatic carbocycles. The summed E-state index contributed by atoms with van der Waals surface area (Å²) in [5.41, 5.74) is 0. The number of aryl methyl sites for hydroxylation is 1. The van der Waals surface area contributed by atoms with Crippen LogP contribution >= 0.6 is 11.3 Å². The van der Waals surface area contributed by atoms with Gasteiger partial charge in [0.05, 0.1) is 6.54 Å². The van der Waals surface area contributed by atoms with E-state index in [1.165, 1.54) is 29.0 Å². The van der Waals surface area contributed by atoms with Crippen molar-refractivity contribution in [3.8, 4) is 0 Å². The fourth-order valence-corrected chi connectivity index (χ4v) is 3.94. The summed E-state index contributed by atoms with van der Waals surface area (Å²) in [6.45, 7) is 4.84. The van der Waals surface area contributed by atoms with Crippen molar-refractivity contribution in [3.63, 3.8) is 0 Å². The molecule has 4 heteroatoms. The van der Waals surface area contributed by atoms with Gasteiger partial charge in [0, 0.05) is 15.8 Å². The predicted molar refractivity (Wildman–Crippen MR) is 73.4 cm³/mol. The van der Waals surface area contributed by atoms with Crippen LogP contribution in [0.25, 0.3) is 0 Å². The number of nitrogens with zero attached hydrogens (tertiary/aromatic N) is 1. The van der Waals surface area contributed by atoms with Gasteiger partial charge in [0.25, 0.3) is 0 Å². The van der Waals surface area contributed by atoms with Crippen LogP contribution in [0.5, 0.6) is 0 Å². The molecule has 1 aliphatic carbocycles. The average molecular weight is 264 g/mol. The molecule has 1 amide bonds. The molecule has 0 spiro atoms. The van der Waals surface area contributed by atoms with Crippen LogP contribution in [0.1, 0.15) is 42.1 Å². The van der Waals surface area contributed by atoms with E-state index >= 15 is 0 Å². The van der Waals surface area contributed by atoms with Gasteiger partial charge in [-0.2, -0.15) is 0 Å². The van der Waals surface area contributed by atoms with Crippen molar-refractivity contribution in [2.45, 2.75) is 45.3 Å². The number of thiophene rings is 1. The molecule has 3 rings (SSSR count). The van der Waals surface area contributed by atoms with Crippen LogP contribution in [0.3, 0.4) is 0 Å². The fourth-order valence-electron chi connectivity index (χ4n) is 2.99. The van der Waals surface area contributed by atoms with Gasteiger partial charge in [0.2, 0.25) is 5.91 Å². The van der Waals surface area contributed by atoms with E-state index in [-0.39, 0.29) is 12.1 Å². The minimum Gasteiger partial charge on any atom is -0.318 e. The number of amides is 1. The van der Waals surface area contributed by atoms with Crippen molar-refractivity contribution < 1.29 is 4.79 Å². The summed E-state index contributed by atoms with van der Waals surface area (Å²) in [5, 5.41) is 3.36. The van der Waals surface area contributed by atoms with Crippen LogP contribution in [0.15, 0.2) is 12.1 Å². The maximum absolute atomic E-state index is 12.1. The van der Waals surface area contributed by atoms with E-state index in [1.54, 1.807) is 11.3 Å². The first kappa shape index (κ1) is 12.2. The Morgan fingerprint density at radius 3 is 3.00 bits per heavy atom. The van der Waals surface area contributed by atoms with Crippen molar-refractivity contribution >= 4 is 17.2 Å². The number of carbonyl (C=O) groups excluding carboxylic acids is 1. The molecule has 2 heterocycles. The Morgan fingerprint density at radius 1 is 1.50 bits per heavy atom. The first-order chi connectivity index (χ1) is 8.70. The third-order valence-corrected chi connectivity index (χ3v) is 5.00. The Kier molecular flexibility index (Phi) is 3.16. The van der Waals surface area contributed by atoms with Crippen molar-refractivity contribution in [1.82, 2.24) is 10.2 Å². The second-order valence-corrected chi connectivity index (χ2v) is 6.70.